The van der Waals surface area contributed by atoms with E-state index < -0.39 is 23.3 Å². The molecule has 1 aliphatic carbocycles. The lowest BCUT2D eigenvalue weighted by Crippen LogP contribution is -2.52. The maximum Gasteiger partial charge on any atom is 0.249 e. The van der Waals surface area contributed by atoms with Gasteiger partial charge >= 0.3 is 0 Å². The van der Waals surface area contributed by atoms with Gasteiger partial charge in [-0.1, -0.05) is 87.9 Å². The first-order chi connectivity index (χ1) is 19.1. The van der Waals surface area contributed by atoms with Gasteiger partial charge in [-0.25, -0.2) is 0 Å². The van der Waals surface area contributed by atoms with Crippen LogP contribution in [0.2, 0.25) is 0 Å². The molecule has 0 radical (unpaired) electrons. The van der Waals surface area contributed by atoms with E-state index in [1.807, 2.05) is 42.2 Å². The number of nitrogens with zero attached hydrogens (tertiary/aromatic N) is 1. The third-order valence-corrected chi connectivity index (χ3v) is 8.08. The minimum atomic E-state index is -1.20. The van der Waals surface area contributed by atoms with Crippen LogP contribution in [0.5, 0.6) is 0 Å². The molecule has 40 heavy (non-hydrogen) atoms. The largest absolute Gasteiger partial charge is 0.391 e. The van der Waals surface area contributed by atoms with Crippen LogP contribution < -0.4 is 11.1 Å². The van der Waals surface area contributed by atoms with Gasteiger partial charge in [-0.2, -0.15) is 0 Å². The Morgan fingerprint density at radius 3 is 2.40 bits per heavy atom. The Balaban J connectivity index is 2.04. The number of allylic oxidation sites excluding steroid dienone is 2. The molecular formula is C34H49N3O3. The molecule has 2 amide bonds. The summed E-state index contributed by atoms with van der Waals surface area (Å²) in [5.74, 6) is -0.533. The van der Waals surface area contributed by atoms with Crippen molar-refractivity contribution < 1.29 is 14.7 Å². The monoisotopic (exact) mass is 547 g/mol. The molecule has 0 aromatic heterocycles. The number of rotatable bonds is 15. The number of hydrogen-bond acceptors (Lipinski definition) is 4. The van der Waals surface area contributed by atoms with Crippen molar-refractivity contribution in [1.29, 1.82) is 0 Å². The van der Waals surface area contributed by atoms with Crippen molar-refractivity contribution in [3.63, 3.8) is 0 Å². The molecule has 0 heterocycles. The van der Waals surface area contributed by atoms with Gasteiger partial charge in [-0.15, -0.1) is 0 Å². The summed E-state index contributed by atoms with van der Waals surface area (Å²) < 4.78 is 0. The number of nitrogens with two attached hydrogens (primary N) is 1. The van der Waals surface area contributed by atoms with Crippen molar-refractivity contribution in [3.8, 4) is 0 Å². The normalized spacial score (nSPS) is 18.8. The van der Waals surface area contributed by atoms with Crippen molar-refractivity contribution in [2.75, 3.05) is 26.2 Å². The van der Waals surface area contributed by atoms with E-state index in [0.717, 1.165) is 47.7 Å². The predicted molar refractivity (Wildman–Crippen MR) is 165 cm³/mol. The highest BCUT2D eigenvalue weighted by molar-refractivity contribution is 5.97. The maximum atomic E-state index is 13.7. The Bertz CT molecular complexity index is 1210. The Kier molecular flexibility index (Phi) is 11.5. The molecule has 0 saturated heterocycles. The molecule has 0 spiro atoms. The van der Waals surface area contributed by atoms with Crippen LogP contribution in [0.15, 0.2) is 65.8 Å². The molecule has 3 atom stereocenters. The SMILES string of the molecule is CCCN(CCC)C(=O)C1=CC(C)=CC(C(N)=O)([C@H](Cc2cccc3ccccc23)[C@@H](O)CNCCC(C)C)C1. The van der Waals surface area contributed by atoms with Crippen molar-refractivity contribution in [1.82, 2.24) is 10.2 Å². The molecule has 6 nitrogen and oxygen atoms in total. The summed E-state index contributed by atoms with van der Waals surface area (Å²) in [6.07, 6.45) is 6.30. The highest BCUT2D eigenvalue weighted by Gasteiger charge is 2.48. The number of benzene rings is 2. The number of primary amides is 1. The van der Waals surface area contributed by atoms with Crippen LogP contribution in [-0.2, 0) is 16.0 Å². The molecule has 0 saturated carbocycles. The summed E-state index contributed by atoms with van der Waals surface area (Å²) in [6, 6.07) is 14.3. The van der Waals surface area contributed by atoms with Crippen molar-refractivity contribution in [2.45, 2.75) is 72.8 Å². The zero-order chi connectivity index (χ0) is 29.3. The summed E-state index contributed by atoms with van der Waals surface area (Å²) in [5, 5.41) is 17.3. The standard InChI is InChI=1S/C34H49N3O3/c1-6-17-37(18-7-2)32(39)28-19-25(5)21-34(22-28,33(35)40)30(31(38)23-36-16-15-24(3)4)20-27-13-10-12-26-11-8-9-14-29(26)27/h8-14,19,21,24,30-31,36,38H,6-7,15-18,20,22-23H2,1-5H3,(H2,35,40)/t30-,31+,34?/m1/s1. The third kappa shape index (κ3) is 7.61. The minimum absolute atomic E-state index is 0.0461. The number of amides is 2. The molecule has 2 aromatic rings. The summed E-state index contributed by atoms with van der Waals surface area (Å²) in [5.41, 5.74) is 7.51. The van der Waals surface area contributed by atoms with Crippen LogP contribution in [0.4, 0.5) is 0 Å². The maximum absolute atomic E-state index is 13.7. The van der Waals surface area contributed by atoms with E-state index in [1.165, 1.54) is 0 Å². The lowest BCUT2D eigenvalue weighted by Gasteiger charge is -2.42. The van der Waals surface area contributed by atoms with Gasteiger partial charge in [-0.3, -0.25) is 9.59 Å². The first kappa shape index (κ1) is 31.6. The summed E-state index contributed by atoms with van der Waals surface area (Å²) in [6.45, 7) is 12.8. The number of aliphatic hydroxyl groups is 1. The number of carbonyl (C=O) groups excluding carboxylic acids is 2. The fourth-order valence-corrected chi connectivity index (χ4v) is 6.07. The average Bonchev–Trinajstić information content (AvgIpc) is 2.92. The van der Waals surface area contributed by atoms with Gasteiger partial charge in [0.15, 0.2) is 0 Å². The van der Waals surface area contributed by atoms with Crippen LogP contribution in [0, 0.1) is 17.3 Å². The summed E-state index contributed by atoms with van der Waals surface area (Å²) >= 11 is 0. The van der Waals surface area contributed by atoms with E-state index in [2.05, 4.69) is 57.3 Å². The molecular weight excluding hydrogens is 498 g/mol. The second-order valence-corrected chi connectivity index (χ2v) is 11.8. The van der Waals surface area contributed by atoms with E-state index in [-0.39, 0.29) is 12.3 Å². The average molecular weight is 548 g/mol. The zero-order valence-corrected chi connectivity index (χ0v) is 25.1. The van der Waals surface area contributed by atoms with Gasteiger partial charge < -0.3 is 21.1 Å². The molecule has 218 valence electrons. The van der Waals surface area contributed by atoms with Gasteiger partial charge in [0.25, 0.3) is 0 Å². The molecule has 0 fully saturated rings. The van der Waals surface area contributed by atoms with Crippen molar-refractivity contribution in [3.05, 3.63) is 71.3 Å². The van der Waals surface area contributed by atoms with Crippen molar-refractivity contribution in [2.24, 2.45) is 23.0 Å². The molecule has 4 N–H and O–H groups in total. The molecule has 1 unspecified atom stereocenters. The molecule has 3 rings (SSSR count). The first-order valence-electron chi connectivity index (χ1n) is 15.0. The first-order valence-corrected chi connectivity index (χ1v) is 15.0. The Labute approximate surface area is 240 Å². The quantitative estimate of drug-likeness (QED) is 0.261. The number of nitrogens with one attached hydrogen (secondary N) is 1. The Morgan fingerprint density at radius 2 is 1.75 bits per heavy atom. The van der Waals surface area contributed by atoms with Crippen molar-refractivity contribution >= 4 is 22.6 Å². The molecule has 0 bridgehead atoms. The number of fused-ring (bicyclic) bond motifs is 1. The summed E-state index contributed by atoms with van der Waals surface area (Å²) in [4.78, 5) is 29.1. The van der Waals surface area contributed by atoms with E-state index in [0.29, 0.717) is 37.5 Å². The number of aliphatic hydroxyl groups excluding tert-OH is 1. The van der Waals surface area contributed by atoms with Crippen LogP contribution in [0.3, 0.4) is 0 Å². The van der Waals surface area contributed by atoms with E-state index in [9.17, 15) is 14.7 Å². The minimum Gasteiger partial charge on any atom is -0.391 e. The second kappa shape index (κ2) is 14.6. The Morgan fingerprint density at radius 1 is 1.07 bits per heavy atom. The van der Waals surface area contributed by atoms with Gasteiger partial charge in [0, 0.05) is 31.1 Å². The van der Waals surface area contributed by atoms with Crippen LogP contribution in [0.1, 0.15) is 65.9 Å². The van der Waals surface area contributed by atoms with E-state index in [4.69, 9.17) is 5.73 Å². The van der Waals surface area contributed by atoms with Gasteiger partial charge in [-0.05, 0) is 67.8 Å². The fraction of sp³-hybridized carbons (Fsp3) is 0.529. The lowest BCUT2D eigenvalue weighted by molar-refractivity contribution is -0.132. The topological polar surface area (TPSA) is 95.7 Å². The number of carbonyl (C=O) groups is 2. The number of hydrogen-bond donors (Lipinski definition) is 3. The van der Waals surface area contributed by atoms with Crippen LogP contribution >= 0.6 is 0 Å². The molecule has 6 heteroatoms. The molecule has 0 aliphatic heterocycles. The van der Waals surface area contributed by atoms with E-state index in [1.54, 1.807) is 0 Å². The molecule has 2 aromatic carbocycles. The third-order valence-electron chi connectivity index (χ3n) is 8.08. The smallest absolute Gasteiger partial charge is 0.249 e. The van der Waals surface area contributed by atoms with Gasteiger partial charge in [0.2, 0.25) is 11.8 Å². The lowest BCUT2D eigenvalue weighted by atomic mass is 9.63. The van der Waals surface area contributed by atoms with Gasteiger partial charge in [0.05, 0.1) is 11.5 Å². The summed E-state index contributed by atoms with van der Waals surface area (Å²) in [7, 11) is 0. The highest BCUT2D eigenvalue weighted by Crippen LogP contribution is 2.45. The zero-order valence-electron chi connectivity index (χ0n) is 25.1. The Hall–Kier alpha value is -2.96. The highest BCUT2D eigenvalue weighted by atomic mass is 16.3. The fourth-order valence-electron chi connectivity index (χ4n) is 6.07. The predicted octanol–water partition coefficient (Wildman–Crippen LogP) is 5.39. The second-order valence-electron chi connectivity index (χ2n) is 11.8. The van der Waals surface area contributed by atoms with Crippen LogP contribution in [0.25, 0.3) is 10.8 Å². The van der Waals surface area contributed by atoms with Crippen LogP contribution in [-0.4, -0.2) is 54.1 Å². The van der Waals surface area contributed by atoms with Gasteiger partial charge in [0.1, 0.15) is 0 Å². The molecule has 1 aliphatic rings. The van der Waals surface area contributed by atoms with E-state index >= 15 is 0 Å².